The maximum absolute atomic E-state index is 6.08. The van der Waals surface area contributed by atoms with Crippen LogP contribution in [-0.4, -0.2) is 19.3 Å². The largest absolute Gasteiger partial charge is 0.490 e. The zero-order valence-electron chi connectivity index (χ0n) is 9.37. The van der Waals surface area contributed by atoms with Crippen LogP contribution in [0.1, 0.15) is 24.0 Å². The molecule has 3 nitrogen and oxygen atoms in total. The van der Waals surface area contributed by atoms with Gasteiger partial charge in [0.1, 0.15) is 11.9 Å². The number of ether oxygens (including phenoxy) is 2. The van der Waals surface area contributed by atoms with E-state index in [1.165, 1.54) is 11.1 Å². The minimum Gasteiger partial charge on any atom is -0.490 e. The van der Waals surface area contributed by atoms with Gasteiger partial charge in [-0.3, -0.25) is 0 Å². The molecule has 0 saturated carbocycles. The summed E-state index contributed by atoms with van der Waals surface area (Å²) in [6.45, 7) is 3.57. The molecule has 2 aliphatic rings. The van der Waals surface area contributed by atoms with Gasteiger partial charge in [-0.25, -0.2) is 0 Å². The lowest BCUT2D eigenvalue weighted by atomic mass is 10.1. The molecule has 0 amide bonds. The van der Waals surface area contributed by atoms with Gasteiger partial charge in [-0.05, 0) is 11.6 Å². The van der Waals surface area contributed by atoms with Crippen molar-refractivity contribution in [1.29, 1.82) is 0 Å². The van der Waals surface area contributed by atoms with Crippen molar-refractivity contribution in [3.63, 3.8) is 0 Å². The second-order valence-corrected chi connectivity index (χ2v) is 4.43. The quantitative estimate of drug-likeness (QED) is 0.823. The van der Waals surface area contributed by atoms with Crippen LogP contribution in [0.25, 0.3) is 0 Å². The summed E-state index contributed by atoms with van der Waals surface area (Å²) in [4.78, 5) is 0. The summed E-state index contributed by atoms with van der Waals surface area (Å²) >= 11 is 0. The normalized spacial score (nSPS) is 20.8. The molecular weight excluding hydrogens is 202 g/mol. The Morgan fingerprint density at radius 3 is 2.94 bits per heavy atom. The standard InChI is InChI=1S/C13H17NO2/c1-2-10-8-14-9-12(10)13(3-1)16-11-4-6-15-7-5-11/h1-3,11,14H,4-9H2. The van der Waals surface area contributed by atoms with E-state index in [1.807, 2.05) is 0 Å². The third-order valence-corrected chi connectivity index (χ3v) is 3.31. The number of fused-ring (bicyclic) bond motifs is 1. The van der Waals surface area contributed by atoms with Crippen LogP contribution in [0.4, 0.5) is 0 Å². The van der Waals surface area contributed by atoms with Crippen LogP contribution in [0.5, 0.6) is 5.75 Å². The maximum atomic E-state index is 6.08. The van der Waals surface area contributed by atoms with E-state index in [2.05, 4.69) is 23.5 Å². The highest BCUT2D eigenvalue weighted by Gasteiger charge is 2.19. The van der Waals surface area contributed by atoms with E-state index < -0.39 is 0 Å². The van der Waals surface area contributed by atoms with E-state index in [0.717, 1.165) is 44.9 Å². The second-order valence-electron chi connectivity index (χ2n) is 4.43. The van der Waals surface area contributed by atoms with Gasteiger partial charge in [0.2, 0.25) is 0 Å². The van der Waals surface area contributed by atoms with Gasteiger partial charge in [0.05, 0.1) is 13.2 Å². The van der Waals surface area contributed by atoms with E-state index in [1.54, 1.807) is 0 Å². The van der Waals surface area contributed by atoms with Gasteiger partial charge in [0.15, 0.2) is 0 Å². The Morgan fingerprint density at radius 1 is 1.19 bits per heavy atom. The summed E-state index contributed by atoms with van der Waals surface area (Å²) in [5.41, 5.74) is 2.72. The molecule has 3 rings (SSSR count). The first kappa shape index (κ1) is 10.1. The van der Waals surface area contributed by atoms with Crippen LogP contribution >= 0.6 is 0 Å². The summed E-state index contributed by atoms with van der Waals surface area (Å²) in [6, 6.07) is 6.34. The van der Waals surface area contributed by atoms with Gasteiger partial charge in [-0.15, -0.1) is 0 Å². The van der Waals surface area contributed by atoms with E-state index in [0.29, 0.717) is 6.10 Å². The third-order valence-electron chi connectivity index (χ3n) is 3.31. The third kappa shape index (κ3) is 1.93. The van der Waals surface area contributed by atoms with Gasteiger partial charge in [0, 0.05) is 31.5 Å². The van der Waals surface area contributed by atoms with Crippen molar-refractivity contribution in [1.82, 2.24) is 5.32 Å². The molecule has 16 heavy (non-hydrogen) atoms. The van der Waals surface area contributed by atoms with E-state index in [-0.39, 0.29) is 0 Å². The SMILES string of the molecule is c1cc2c(c(OC3CCOCC3)c1)CNC2. The molecule has 86 valence electrons. The molecule has 0 spiro atoms. The van der Waals surface area contributed by atoms with Crippen molar-refractivity contribution < 1.29 is 9.47 Å². The number of hydrogen-bond acceptors (Lipinski definition) is 3. The molecule has 0 aliphatic carbocycles. The first-order chi connectivity index (χ1) is 7.93. The summed E-state index contributed by atoms with van der Waals surface area (Å²) in [6.07, 6.45) is 2.36. The molecule has 3 heteroatoms. The first-order valence-corrected chi connectivity index (χ1v) is 5.99. The Hall–Kier alpha value is -1.06. The fraction of sp³-hybridized carbons (Fsp3) is 0.538. The maximum Gasteiger partial charge on any atom is 0.124 e. The monoisotopic (exact) mass is 219 g/mol. The minimum atomic E-state index is 0.334. The Labute approximate surface area is 95.8 Å². The van der Waals surface area contributed by atoms with Crippen LogP contribution in [-0.2, 0) is 17.8 Å². The Bertz CT molecular complexity index is 372. The minimum absolute atomic E-state index is 0.334. The van der Waals surface area contributed by atoms with Gasteiger partial charge in [-0.1, -0.05) is 12.1 Å². The molecule has 1 fully saturated rings. The van der Waals surface area contributed by atoms with E-state index in [4.69, 9.17) is 9.47 Å². The molecule has 0 bridgehead atoms. The van der Waals surface area contributed by atoms with Crippen LogP contribution in [0.3, 0.4) is 0 Å². The molecule has 1 aromatic carbocycles. The van der Waals surface area contributed by atoms with Gasteiger partial charge in [-0.2, -0.15) is 0 Å². The number of benzene rings is 1. The molecule has 0 radical (unpaired) electrons. The van der Waals surface area contributed by atoms with Crippen LogP contribution in [0.15, 0.2) is 18.2 Å². The lowest BCUT2D eigenvalue weighted by Crippen LogP contribution is -2.26. The van der Waals surface area contributed by atoms with Crippen LogP contribution in [0, 0.1) is 0 Å². The average Bonchev–Trinajstić information content (AvgIpc) is 2.80. The van der Waals surface area contributed by atoms with Crippen LogP contribution in [0.2, 0.25) is 0 Å². The number of nitrogens with one attached hydrogen (secondary N) is 1. The van der Waals surface area contributed by atoms with E-state index in [9.17, 15) is 0 Å². The smallest absolute Gasteiger partial charge is 0.124 e. The zero-order chi connectivity index (χ0) is 10.8. The summed E-state index contributed by atoms with van der Waals surface area (Å²) in [5, 5.41) is 3.36. The van der Waals surface area contributed by atoms with Gasteiger partial charge in [0.25, 0.3) is 0 Å². The highest BCUT2D eigenvalue weighted by molar-refractivity contribution is 5.42. The van der Waals surface area contributed by atoms with Crippen molar-refractivity contribution in [2.75, 3.05) is 13.2 Å². The highest BCUT2D eigenvalue weighted by Crippen LogP contribution is 2.28. The van der Waals surface area contributed by atoms with Crippen molar-refractivity contribution >= 4 is 0 Å². The van der Waals surface area contributed by atoms with Crippen molar-refractivity contribution in [3.8, 4) is 5.75 Å². The lowest BCUT2D eigenvalue weighted by molar-refractivity contribution is 0.0252. The summed E-state index contributed by atoms with van der Waals surface area (Å²) in [5.74, 6) is 1.06. The van der Waals surface area contributed by atoms with Crippen LogP contribution < -0.4 is 10.1 Å². The predicted molar refractivity (Wildman–Crippen MR) is 61.5 cm³/mol. The van der Waals surface area contributed by atoms with Gasteiger partial charge >= 0.3 is 0 Å². The van der Waals surface area contributed by atoms with Gasteiger partial charge < -0.3 is 14.8 Å². The topological polar surface area (TPSA) is 30.5 Å². The summed E-state index contributed by atoms with van der Waals surface area (Å²) < 4.78 is 11.4. The molecule has 0 unspecified atom stereocenters. The van der Waals surface area contributed by atoms with Crippen molar-refractivity contribution in [3.05, 3.63) is 29.3 Å². The average molecular weight is 219 g/mol. The molecule has 0 atom stereocenters. The summed E-state index contributed by atoms with van der Waals surface area (Å²) in [7, 11) is 0. The lowest BCUT2D eigenvalue weighted by Gasteiger charge is -2.24. The molecule has 1 saturated heterocycles. The fourth-order valence-electron chi connectivity index (χ4n) is 2.38. The highest BCUT2D eigenvalue weighted by atomic mass is 16.5. The number of rotatable bonds is 2. The van der Waals surface area contributed by atoms with E-state index >= 15 is 0 Å². The van der Waals surface area contributed by atoms with Crippen molar-refractivity contribution in [2.24, 2.45) is 0 Å². The second kappa shape index (κ2) is 4.44. The molecule has 1 aromatic rings. The molecule has 0 aromatic heterocycles. The fourth-order valence-corrected chi connectivity index (χ4v) is 2.38. The van der Waals surface area contributed by atoms with Crippen molar-refractivity contribution in [2.45, 2.75) is 32.0 Å². The first-order valence-electron chi connectivity index (χ1n) is 5.99. The Balaban J connectivity index is 1.76. The predicted octanol–water partition coefficient (Wildman–Crippen LogP) is 1.85. The zero-order valence-corrected chi connectivity index (χ0v) is 9.37. The Morgan fingerprint density at radius 2 is 2.06 bits per heavy atom. The molecule has 1 N–H and O–H groups in total. The molecule has 2 heterocycles. The molecular formula is C13H17NO2. The molecule has 2 aliphatic heterocycles. The number of hydrogen-bond donors (Lipinski definition) is 1. The Kier molecular flexibility index (Phi) is 2.80.